The highest BCUT2D eigenvalue weighted by Gasteiger charge is 2.49. The van der Waals surface area contributed by atoms with Gasteiger partial charge in [-0.05, 0) is 26.0 Å². The van der Waals surface area contributed by atoms with E-state index in [2.05, 4.69) is 15.3 Å². The van der Waals surface area contributed by atoms with Gasteiger partial charge in [-0.2, -0.15) is 26.3 Å². The number of carbonyl (C=O) groups excluding carboxylic acids is 1. The van der Waals surface area contributed by atoms with Crippen LogP contribution in [0.1, 0.15) is 29.8 Å². The molecule has 3 heterocycles. The van der Waals surface area contributed by atoms with Crippen LogP contribution in [0, 0.1) is 0 Å². The number of amides is 1. The number of ether oxygens (including phenoxy) is 1. The summed E-state index contributed by atoms with van der Waals surface area (Å²) in [6.45, 7) is 1.67. The second-order valence-electron chi connectivity index (χ2n) is 8.26. The molecule has 192 valence electrons. The summed E-state index contributed by atoms with van der Waals surface area (Å²) in [7, 11) is -4.26. The van der Waals surface area contributed by atoms with Crippen LogP contribution in [-0.4, -0.2) is 55.3 Å². The fraction of sp³-hybridized carbons (Fsp3) is 0.421. The molecule has 1 amide bonds. The van der Waals surface area contributed by atoms with Crippen LogP contribution in [-0.2, 0) is 20.9 Å². The number of halogens is 6. The van der Waals surface area contributed by atoms with Gasteiger partial charge < -0.3 is 15.0 Å². The second kappa shape index (κ2) is 8.91. The van der Waals surface area contributed by atoms with Crippen LogP contribution in [0.4, 0.5) is 37.8 Å². The van der Waals surface area contributed by atoms with Crippen LogP contribution >= 0.6 is 0 Å². The fourth-order valence-electron chi connectivity index (χ4n) is 3.39. The first kappa shape index (κ1) is 26.6. The Morgan fingerprint density at radius 1 is 1.20 bits per heavy atom. The Morgan fingerprint density at radius 2 is 1.86 bits per heavy atom. The maximum atomic E-state index is 13.4. The number of primary sulfonamides is 1. The third kappa shape index (κ3) is 6.37. The molecular weight excluding hydrogens is 508 g/mol. The summed E-state index contributed by atoms with van der Waals surface area (Å²) >= 11 is 0. The number of carbonyl (C=O) groups is 1. The van der Waals surface area contributed by atoms with Gasteiger partial charge in [-0.1, -0.05) is 0 Å². The number of aromatic nitrogens is 2. The highest BCUT2D eigenvalue weighted by Crippen LogP contribution is 2.36. The third-order valence-corrected chi connectivity index (χ3v) is 5.61. The minimum atomic E-state index is -4.91. The number of anilines is 2. The summed E-state index contributed by atoms with van der Waals surface area (Å²) in [6.07, 6.45) is -10.6. The zero-order chi connectivity index (χ0) is 26.4. The Bertz CT molecular complexity index is 1230. The van der Waals surface area contributed by atoms with E-state index in [0.29, 0.717) is 12.3 Å². The molecule has 35 heavy (non-hydrogen) atoms. The standard InChI is InChI=1S/C19H19F6N5O4S/c1-17(2)9-30(8-13(34-17)19(23,24)25)15-12(5-10(7-28-15)18(20,21)22)16(31)29-11-3-4-27-14(6-11)35(26,32)33/h3-7,13H,8-9H2,1-2H3,(H2,26,32,33)(H,27,29,31)/t13-/m1/s1. The Hall–Kier alpha value is -2.98. The third-order valence-electron chi connectivity index (χ3n) is 4.81. The van der Waals surface area contributed by atoms with E-state index in [1.165, 1.54) is 13.8 Å². The first-order valence-corrected chi connectivity index (χ1v) is 11.3. The van der Waals surface area contributed by atoms with Gasteiger partial charge in [0.2, 0.25) is 0 Å². The molecule has 0 saturated carbocycles. The Balaban J connectivity index is 2.05. The molecular formula is C19H19F6N5O4S. The maximum Gasteiger partial charge on any atom is 0.417 e. The smallest absolute Gasteiger partial charge is 0.359 e. The van der Waals surface area contributed by atoms with Crippen molar-refractivity contribution in [2.75, 3.05) is 23.3 Å². The lowest BCUT2D eigenvalue weighted by atomic mass is 10.0. The number of hydrogen-bond donors (Lipinski definition) is 2. The van der Waals surface area contributed by atoms with Crippen molar-refractivity contribution in [2.24, 2.45) is 5.14 Å². The van der Waals surface area contributed by atoms with Gasteiger partial charge in [-0.15, -0.1) is 0 Å². The number of nitrogens with zero attached hydrogens (tertiary/aromatic N) is 3. The Morgan fingerprint density at radius 3 is 2.43 bits per heavy atom. The highest BCUT2D eigenvalue weighted by molar-refractivity contribution is 7.89. The summed E-state index contributed by atoms with van der Waals surface area (Å²) in [5, 5.41) is 6.56. The predicted octanol–water partition coefficient (Wildman–Crippen LogP) is 2.94. The molecule has 0 radical (unpaired) electrons. The van der Waals surface area contributed by atoms with Gasteiger partial charge >= 0.3 is 12.4 Å². The van der Waals surface area contributed by atoms with Gasteiger partial charge in [0, 0.05) is 30.7 Å². The first-order valence-electron chi connectivity index (χ1n) is 9.74. The molecule has 1 saturated heterocycles. The molecule has 16 heteroatoms. The van der Waals surface area contributed by atoms with E-state index >= 15 is 0 Å². The molecule has 1 aliphatic rings. The molecule has 2 aromatic heterocycles. The molecule has 0 aromatic carbocycles. The minimum Gasteiger partial charge on any atom is -0.359 e. The van der Waals surface area contributed by atoms with Crippen LogP contribution in [0.3, 0.4) is 0 Å². The van der Waals surface area contributed by atoms with E-state index < -0.39 is 68.5 Å². The SMILES string of the molecule is CC1(C)CN(c2ncc(C(F)(F)F)cc2C(=O)Nc2ccnc(S(N)(=O)=O)c2)C[C@H](C(F)(F)F)O1. The molecule has 1 aliphatic heterocycles. The molecule has 9 nitrogen and oxygen atoms in total. The molecule has 0 aliphatic carbocycles. The molecule has 1 fully saturated rings. The van der Waals surface area contributed by atoms with E-state index in [1.807, 2.05) is 0 Å². The Labute approximate surface area is 195 Å². The molecule has 1 atom stereocenters. The summed E-state index contributed by atoms with van der Waals surface area (Å²) in [5.41, 5.74) is -3.57. The normalized spacial score (nSPS) is 18.9. The lowest BCUT2D eigenvalue weighted by Crippen LogP contribution is -2.57. The van der Waals surface area contributed by atoms with E-state index in [-0.39, 0.29) is 12.2 Å². The number of nitrogens with two attached hydrogens (primary N) is 1. The molecule has 3 rings (SSSR count). The fourth-order valence-corrected chi connectivity index (χ4v) is 3.89. The van der Waals surface area contributed by atoms with Crippen molar-refractivity contribution in [1.29, 1.82) is 0 Å². The Kier molecular flexibility index (Phi) is 6.78. The van der Waals surface area contributed by atoms with Gasteiger partial charge in [0.05, 0.1) is 23.3 Å². The number of sulfonamides is 1. The maximum absolute atomic E-state index is 13.4. The summed E-state index contributed by atoms with van der Waals surface area (Å²) in [5.74, 6) is -1.63. The minimum absolute atomic E-state index is 0.187. The first-order chi connectivity index (χ1) is 15.9. The predicted molar refractivity (Wildman–Crippen MR) is 110 cm³/mol. The van der Waals surface area contributed by atoms with Crippen LogP contribution in [0.5, 0.6) is 0 Å². The molecule has 0 spiro atoms. The largest absolute Gasteiger partial charge is 0.417 e. The van der Waals surface area contributed by atoms with Crippen molar-refractivity contribution in [3.63, 3.8) is 0 Å². The monoisotopic (exact) mass is 527 g/mol. The zero-order valence-electron chi connectivity index (χ0n) is 18.1. The van der Waals surface area contributed by atoms with Crippen LogP contribution in [0.15, 0.2) is 35.6 Å². The van der Waals surface area contributed by atoms with Crippen molar-refractivity contribution in [2.45, 2.75) is 42.9 Å². The lowest BCUT2D eigenvalue weighted by Gasteiger charge is -2.44. The van der Waals surface area contributed by atoms with Crippen molar-refractivity contribution < 1.29 is 44.3 Å². The number of rotatable bonds is 4. The van der Waals surface area contributed by atoms with Gasteiger partial charge in [0.1, 0.15) is 5.82 Å². The summed E-state index contributed by atoms with van der Waals surface area (Å²) in [4.78, 5) is 21.2. The highest BCUT2D eigenvalue weighted by atomic mass is 32.2. The topological polar surface area (TPSA) is 128 Å². The number of pyridine rings is 2. The average Bonchev–Trinajstić information content (AvgIpc) is 2.70. The number of morpholine rings is 1. The summed E-state index contributed by atoms with van der Waals surface area (Å²) in [6, 6.07) is 2.46. The van der Waals surface area contributed by atoms with E-state index in [9.17, 15) is 39.6 Å². The molecule has 3 N–H and O–H groups in total. The van der Waals surface area contributed by atoms with Crippen molar-refractivity contribution in [3.05, 3.63) is 41.7 Å². The van der Waals surface area contributed by atoms with Crippen LogP contribution < -0.4 is 15.4 Å². The number of nitrogens with one attached hydrogen (secondary N) is 1. The van der Waals surface area contributed by atoms with Gasteiger partial charge in [0.25, 0.3) is 15.9 Å². The van der Waals surface area contributed by atoms with Gasteiger partial charge in [-0.3, -0.25) is 4.79 Å². The van der Waals surface area contributed by atoms with Crippen LogP contribution in [0.25, 0.3) is 0 Å². The number of alkyl halides is 6. The van der Waals surface area contributed by atoms with E-state index in [4.69, 9.17) is 9.88 Å². The van der Waals surface area contributed by atoms with Crippen LogP contribution in [0.2, 0.25) is 0 Å². The van der Waals surface area contributed by atoms with Gasteiger partial charge in [0.15, 0.2) is 11.1 Å². The number of hydrogen-bond acceptors (Lipinski definition) is 7. The van der Waals surface area contributed by atoms with Gasteiger partial charge in [-0.25, -0.2) is 23.5 Å². The molecule has 2 aromatic rings. The molecule has 0 bridgehead atoms. The quantitative estimate of drug-likeness (QED) is 0.586. The van der Waals surface area contributed by atoms with Crippen molar-refractivity contribution >= 4 is 27.4 Å². The lowest BCUT2D eigenvalue weighted by molar-refractivity contribution is -0.251. The second-order valence-corrected chi connectivity index (χ2v) is 9.77. The van der Waals surface area contributed by atoms with E-state index in [1.54, 1.807) is 0 Å². The zero-order valence-corrected chi connectivity index (χ0v) is 18.9. The molecule has 0 unspecified atom stereocenters. The van der Waals surface area contributed by atoms with E-state index in [0.717, 1.165) is 23.2 Å². The van der Waals surface area contributed by atoms with Crippen molar-refractivity contribution in [1.82, 2.24) is 9.97 Å². The van der Waals surface area contributed by atoms with Crippen molar-refractivity contribution in [3.8, 4) is 0 Å². The summed E-state index contributed by atoms with van der Waals surface area (Å²) < 4.78 is 108. The average molecular weight is 527 g/mol.